The van der Waals surface area contributed by atoms with Gasteiger partial charge in [0.25, 0.3) is 0 Å². The number of hydrogen-bond donors (Lipinski definition) is 1. The fraction of sp³-hybridized carbons (Fsp3) is 0.625. The molecule has 2 saturated carbocycles. The summed E-state index contributed by atoms with van der Waals surface area (Å²) in [5.41, 5.74) is 1.49. The summed E-state index contributed by atoms with van der Waals surface area (Å²) in [6.07, 6.45) is 5.18. The summed E-state index contributed by atoms with van der Waals surface area (Å²) >= 11 is 6.21. The Morgan fingerprint density at radius 1 is 1.37 bits per heavy atom. The smallest absolute Gasteiger partial charge is 0.122 e. The lowest BCUT2D eigenvalue weighted by atomic mass is 9.57. The van der Waals surface area contributed by atoms with Crippen LogP contribution in [0.3, 0.4) is 0 Å². The van der Waals surface area contributed by atoms with Crippen LogP contribution in [0.5, 0.6) is 5.75 Å². The number of nitrogens with one attached hydrogen (secondary N) is 1. The first-order chi connectivity index (χ1) is 9.15. The Hall–Kier alpha value is -0.730. The average Bonchev–Trinajstić information content (AvgIpc) is 3.22. The molecule has 2 aliphatic carbocycles. The lowest BCUT2D eigenvalue weighted by Crippen LogP contribution is -2.50. The van der Waals surface area contributed by atoms with Crippen molar-refractivity contribution >= 4 is 11.6 Å². The summed E-state index contributed by atoms with van der Waals surface area (Å²) < 4.78 is 5.57. The second-order valence-electron chi connectivity index (χ2n) is 6.10. The first-order valence-corrected chi connectivity index (χ1v) is 7.61. The van der Waals surface area contributed by atoms with E-state index < -0.39 is 0 Å². The summed E-state index contributed by atoms with van der Waals surface area (Å²) in [7, 11) is 1.75. The summed E-state index contributed by atoms with van der Waals surface area (Å²) in [5.74, 6) is 1.67. The Morgan fingerprint density at radius 2 is 2.16 bits per heavy atom. The molecule has 1 aromatic carbocycles. The second-order valence-corrected chi connectivity index (χ2v) is 6.53. The molecule has 2 unspecified atom stereocenters. The van der Waals surface area contributed by atoms with Crippen LogP contribution in [0.25, 0.3) is 0 Å². The monoisotopic (exact) mass is 279 g/mol. The Labute approximate surface area is 120 Å². The lowest BCUT2D eigenvalue weighted by Gasteiger charge is -2.49. The minimum atomic E-state index is 0.207. The van der Waals surface area contributed by atoms with E-state index in [1.165, 1.54) is 31.2 Å². The quantitative estimate of drug-likeness (QED) is 0.886. The molecule has 1 aromatic rings. The number of methoxy groups -OCH3 is 1. The minimum Gasteiger partial charge on any atom is -0.496 e. The first kappa shape index (κ1) is 13.3. The van der Waals surface area contributed by atoms with Gasteiger partial charge < -0.3 is 10.1 Å². The van der Waals surface area contributed by atoms with Crippen molar-refractivity contribution in [2.75, 3.05) is 13.7 Å². The van der Waals surface area contributed by atoms with Gasteiger partial charge in [0.15, 0.2) is 0 Å². The van der Waals surface area contributed by atoms with Crippen molar-refractivity contribution in [3.63, 3.8) is 0 Å². The lowest BCUT2D eigenvalue weighted by molar-refractivity contribution is 0.129. The van der Waals surface area contributed by atoms with Crippen molar-refractivity contribution in [1.29, 1.82) is 0 Å². The third-order valence-electron chi connectivity index (χ3n) is 4.95. The predicted octanol–water partition coefficient (Wildman–Crippen LogP) is 3.77. The van der Waals surface area contributed by atoms with Gasteiger partial charge in [0.1, 0.15) is 5.75 Å². The van der Waals surface area contributed by atoms with Gasteiger partial charge >= 0.3 is 0 Å². The van der Waals surface area contributed by atoms with Gasteiger partial charge in [-0.1, -0.05) is 18.5 Å². The van der Waals surface area contributed by atoms with Crippen LogP contribution in [0.1, 0.15) is 38.2 Å². The van der Waals surface area contributed by atoms with Crippen LogP contribution in [0.15, 0.2) is 18.2 Å². The zero-order valence-electron chi connectivity index (χ0n) is 11.7. The molecule has 0 aliphatic heterocycles. The average molecular weight is 280 g/mol. The van der Waals surface area contributed by atoms with Crippen LogP contribution in [0, 0.1) is 5.92 Å². The topological polar surface area (TPSA) is 21.3 Å². The molecule has 0 saturated heterocycles. The second kappa shape index (κ2) is 4.99. The predicted molar refractivity (Wildman–Crippen MR) is 79.1 cm³/mol. The third kappa shape index (κ3) is 2.36. The van der Waals surface area contributed by atoms with Gasteiger partial charge in [-0.2, -0.15) is 0 Å². The molecule has 1 N–H and O–H groups in total. The summed E-state index contributed by atoms with van der Waals surface area (Å²) in [6.45, 7) is 3.40. The van der Waals surface area contributed by atoms with E-state index in [2.05, 4.69) is 18.3 Å². The molecular formula is C16H22ClNO. The first-order valence-electron chi connectivity index (χ1n) is 7.23. The normalized spacial score (nSPS) is 29.9. The highest BCUT2D eigenvalue weighted by Crippen LogP contribution is 2.51. The molecule has 2 aliphatic rings. The van der Waals surface area contributed by atoms with Crippen molar-refractivity contribution in [3.05, 3.63) is 28.8 Å². The van der Waals surface area contributed by atoms with Crippen molar-refractivity contribution in [1.82, 2.24) is 5.32 Å². The maximum absolute atomic E-state index is 6.21. The summed E-state index contributed by atoms with van der Waals surface area (Å²) in [6, 6.07) is 6.76. The van der Waals surface area contributed by atoms with Crippen LogP contribution < -0.4 is 10.1 Å². The largest absolute Gasteiger partial charge is 0.496 e. The molecule has 0 bridgehead atoms. The van der Waals surface area contributed by atoms with Crippen molar-refractivity contribution < 1.29 is 4.74 Å². The molecule has 2 fully saturated rings. The Kier molecular flexibility index (Phi) is 3.48. The number of ether oxygens (including phenoxy) is 1. The Balaban J connectivity index is 1.92. The third-order valence-corrected chi connectivity index (χ3v) is 5.18. The van der Waals surface area contributed by atoms with Gasteiger partial charge in [0.05, 0.1) is 7.11 Å². The zero-order valence-corrected chi connectivity index (χ0v) is 12.5. The summed E-state index contributed by atoms with van der Waals surface area (Å²) in [4.78, 5) is 0. The molecule has 2 atom stereocenters. The highest BCUT2D eigenvalue weighted by atomic mass is 35.5. The van der Waals surface area contributed by atoms with Crippen molar-refractivity contribution in [2.45, 2.75) is 44.1 Å². The number of hydrogen-bond acceptors (Lipinski definition) is 2. The Morgan fingerprint density at radius 3 is 2.68 bits per heavy atom. The van der Waals surface area contributed by atoms with Crippen LogP contribution in [0.4, 0.5) is 0 Å². The van der Waals surface area contributed by atoms with E-state index in [4.69, 9.17) is 16.3 Å². The van der Waals surface area contributed by atoms with Crippen molar-refractivity contribution in [3.8, 4) is 5.75 Å². The standard InChI is InChI=1S/C16H22ClNO/c1-11-7-8-16(11,10-18-13-4-5-13)14-9-12(17)3-6-15(14)19-2/h3,6,9,11,13,18H,4-5,7-8,10H2,1-2H3. The highest BCUT2D eigenvalue weighted by molar-refractivity contribution is 6.30. The van der Waals surface area contributed by atoms with Crippen LogP contribution in [-0.2, 0) is 5.41 Å². The molecule has 19 heavy (non-hydrogen) atoms. The molecule has 0 spiro atoms. The fourth-order valence-corrected chi connectivity index (χ4v) is 3.39. The summed E-state index contributed by atoms with van der Waals surface area (Å²) in [5, 5.41) is 4.51. The Bertz CT molecular complexity index is 472. The molecule has 0 radical (unpaired) electrons. The highest BCUT2D eigenvalue weighted by Gasteiger charge is 2.47. The van der Waals surface area contributed by atoms with Crippen LogP contribution in [-0.4, -0.2) is 19.7 Å². The van der Waals surface area contributed by atoms with Gasteiger partial charge in [-0.05, 0) is 49.8 Å². The SMILES string of the molecule is COc1ccc(Cl)cc1C1(CNC2CC2)CCC1C. The van der Waals surface area contributed by atoms with Gasteiger partial charge in [-0.3, -0.25) is 0 Å². The number of rotatable bonds is 5. The van der Waals surface area contributed by atoms with E-state index in [9.17, 15) is 0 Å². The molecule has 0 amide bonds. The molecule has 3 rings (SSSR count). The number of benzene rings is 1. The number of halogens is 1. The van der Waals surface area contributed by atoms with E-state index in [1.807, 2.05) is 12.1 Å². The van der Waals surface area contributed by atoms with Crippen LogP contribution >= 0.6 is 11.6 Å². The molecular weight excluding hydrogens is 258 g/mol. The molecule has 0 aromatic heterocycles. The fourth-order valence-electron chi connectivity index (χ4n) is 3.22. The van der Waals surface area contributed by atoms with E-state index >= 15 is 0 Å². The molecule has 104 valence electrons. The van der Waals surface area contributed by atoms with E-state index in [0.29, 0.717) is 5.92 Å². The molecule has 2 nitrogen and oxygen atoms in total. The maximum Gasteiger partial charge on any atom is 0.122 e. The molecule has 0 heterocycles. The van der Waals surface area contributed by atoms with Gasteiger partial charge in [-0.15, -0.1) is 0 Å². The van der Waals surface area contributed by atoms with E-state index in [0.717, 1.165) is 23.4 Å². The van der Waals surface area contributed by atoms with E-state index in [-0.39, 0.29) is 5.41 Å². The van der Waals surface area contributed by atoms with E-state index in [1.54, 1.807) is 7.11 Å². The minimum absolute atomic E-state index is 0.207. The zero-order chi connectivity index (χ0) is 13.5. The van der Waals surface area contributed by atoms with Gasteiger partial charge in [0, 0.05) is 28.6 Å². The van der Waals surface area contributed by atoms with Gasteiger partial charge in [0.2, 0.25) is 0 Å². The molecule has 3 heteroatoms. The van der Waals surface area contributed by atoms with Crippen LogP contribution in [0.2, 0.25) is 5.02 Å². The maximum atomic E-state index is 6.21. The van der Waals surface area contributed by atoms with Crippen molar-refractivity contribution in [2.24, 2.45) is 5.92 Å². The van der Waals surface area contributed by atoms with Gasteiger partial charge in [-0.25, -0.2) is 0 Å².